The Bertz CT molecular complexity index is 795. The van der Waals surface area contributed by atoms with Crippen molar-refractivity contribution in [3.05, 3.63) is 44.9 Å². The number of hydrogen-bond acceptors (Lipinski definition) is 7. The van der Waals surface area contributed by atoms with Gasteiger partial charge < -0.3 is 14.5 Å². The van der Waals surface area contributed by atoms with Gasteiger partial charge in [-0.25, -0.2) is 4.79 Å². The van der Waals surface area contributed by atoms with Crippen molar-refractivity contribution >= 4 is 40.8 Å². The number of ketones is 1. The molecule has 0 aliphatic carbocycles. The monoisotopic (exact) mass is 395 g/mol. The van der Waals surface area contributed by atoms with E-state index in [1.807, 2.05) is 17.5 Å². The number of ether oxygens (including phenoxy) is 2. The van der Waals surface area contributed by atoms with Crippen LogP contribution in [-0.2, 0) is 20.0 Å². The van der Waals surface area contributed by atoms with Gasteiger partial charge in [-0.3, -0.25) is 9.59 Å². The van der Waals surface area contributed by atoms with Gasteiger partial charge in [-0.2, -0.15) is 0 Å². The molecule has 0 radical (unpaired) electrons. The predicted molar refractivity (Wildman–Crippen MR) is 102 cm³/mol. The van der Waals surface area contributed by atoms with Crippen molar-refractivity contribution in [1.29, 1.82) is 0 Å². The summed E-state index contributed by atoms with van der Waals surface area (Å²) in [6.07, 6.45) is -0.938. The molecule has 0 fully saturated rings. The van der Waals surface area contributed by atoms with E-state index in [0.29, 0.717) is 16.8 Å². The van der Waals surface area contributed by atoms with Crippen molar-refractivity contribution in [2.75, 3.05) is 12.9 Å². The quantitative estimate of drug-likeness (QED) is 0.544. The molecule has 2 heterocycles. The Morgan fingerprint density at radius 1 is 1.31 bits per heavy atom. The summed E-state index contributed by atoms with van der Waals surface area (Å²) in [5.74, 6) is -0.429. The molecule has 2 aromatic rings. The number of carbonyl (C=O) groups excluding carboxylic acids is 3. The zero-order valence-corrected chi connectivity index (χ0v) is 16.7. The summed E-state index contributed by atoms with van der Waals surface area (Å²) in [5.41, 5.74) is 1.63. The highest BCUT2D eigenvalue weighted by Gasteiger charge is 2.27. The molecule has 140 valence electrons. The van der Waals surface area contributed by atoms with Crippen molar-refractivity contribution in [2.24, 2.45) is 0 Å². The number of thioether (sulfide) groups is 1. The van der Waals surface area contributed by atoms with Crippen molar-refractivity contribution in [1.82, 2.24) is 4.98 Å². The molecule has 0 amide bonds. The Morgan fingerprint density at radius 3 is 2.65 bits per heavy atom. The number of aryl methyl sites for hydroxylation is 1. The Hall–Kier alpha value is -2.06. The molecule has 0 aromatic carbocycles. The number of Topliss-reactive ketones (excluding diaryl/α,β-unsaturated/α-hetero) is 1. The summed E-state index contributed by atoms with van der Waals surface area (Å²) in [4.78, 5) is 40.4. The second-order valence-corrected chi connectivity index (χ2v) is 7.70. The van der Waals surface area contributed by atoms with Crippen LogP contribution >= 0.6 is 23.1 Å². The number of aromatic nitrogens is 1. The summed E-state index contributed by atoms with van der Waals surface area (Å²) in [7, 11) is 1.29. The SMILES string of the molecule is COC(=O)c1c(C)[nH]c(C(=O)[C@@H](C)OC(=O)CSCc2cccs2)c1C. The van der Waals surface area contributed by atoms with Crippen LogP contribution in [0.4, 0.5) is 0 Å². The van der Waals surface area contributed by atoms with Gasteiger partial charge in [0.25, 0.3) is 0 Å². The summed E-state index contributed by atoms with van der Waals surface area (Å²) in [6, 6.07) is 3.97. The van der Waals surface area contributed by atoms with Crippen LogP contribution in [0.25, 0.3) is 0 Å². The van der Waals surface area contributed by atoms with Crippen molar-refractivity contribution in [3.63, 3.8) is 0 Å². The maximum absolute atomic E-state index is 12.6. The molecule has 6 nitrogen and oxygen atoms in total. The summed E-state index contributed by atoms with van der Waals surface area (Å²) >= 11 is 3.07. The minimum Gasteiger partial charge on any atom is -0.465 e. The van der Waals surface area contributed by atoms with Crippen molar-refractivity contribution < 1.29 is 23.9 Å². The Labute approximate surface area is 160 Å². The van der Waals surface area contributed by atoms with E-state index >= 15 is 0 Å². The van der Waals surface area contributed by atoms with Crippen LogP contribution in [0.2, 0.25) is 0 Å². The van der Waals surface area contributed by atoms with Crippen molar-refractivity contribution in [2.45, 2.75) is 32.6 Å². The lowest BCUT2D eigenvalue weighted by Crippen LogP contribution is -2.26. The van der Waals surface area contributed by atoms with E-state index in [-0.39, 0.29) is 17.2 Å². The number of carbonyl (C=O) groups is 3. The van der Waals surface area contributed by atoms with E-state index < -0.39 is 18.0 Å². The number of nitrogens with one attached hydrogen (secondary N) is 1. The highest BCUT2D eigenvalue weighted by atomic mass is 32.2. The predicted octanol–water partition coefficient (Wildman–Crippen LogP) is 3.53. The maximum atomic E-state index is 12.6. The molecule has 0 unspecified atom stereocenters. The highest BCUT2D eigenvalue weighted by molar-refractivity contribution is 7.99. The number of esters is 2. The molecule has 2 rings (SSSR count). The average Bonchev–Trinajstić information content (AvgIpc) is 3.21. The van der Waals surface area contributed by atoms with Gasteiger partial charge in [0, 0.05) is 16.3 Å². The summed E-state index contributed by atoms with van der Waals surface area (Å²) < 4.78 is 9.97. The highest BCUT2D eigenvalue weighted by Crippen LogP contribution is 2.21. The summed E-state index contributed by atoms with van der Waals surface area (Å²) in [5, 5.41) is 1.98. The van der Waals surface area contributed by atoms with Crippen molar-refractivity contribution in [3.8, 4) is 0 Å². The van der Waals surface area contributed by atoms with Gasteiger partial charge in [0.1, 0.15) is 0 Å². The van der Waals surface area contributed by atoms with Gasteiger partial charge >= 0.3 is 11.9 Å². The third-order valence-corrected chi connectivity index (χ3v) is 5.81. The van der Waals surface area contributed by atoms with E-state index in [1.165, 1.54) is 30.7 Å². The zero-order valence-electron chi connectivity index (χ0n) is 15.1. The molecular weight excluding hydrogens is 374 g/mol. The fourth-order valence-corrected chi connectivity index (χ4v) is 4.17. The van der Waals surface area contributed by atoms with Gasteiger partial charge in [-0.15, -0.1) is 23.1 Å². The third kappa shape index (κ3) is 4.76. The van der Waals surface area contributed by atoms with Crippen LogP contribution in [0.5, 0.6) is 0 Å². The number of thiophene rings is 1. The van der Waals surface area contributed by atoms with Crippen LogP contribution in [0.1, 0.15) is 43.9 Å². The topological polar surface area (TPSA) is 85.5 Å². The molecule has 26 heavy (non-hydrogen) atoms. The van der Waals surface area contributed by atoms with E-state index in [2.05, 4.69) is 4.98 Å². The molecule has 0 saturated heterocycles. The number of hydrogen-bond donors (Lipinski definition) is 1. The van der Waals surface area contributed by atoms with Crippen LogP contribution in [-0.4, -0.2) is 41.7 Å². The van der Waals surface area contributed by atoms with Gasteiger partial charge in [-0.1, -0.05) is 6.07 Å². The lowest BCUT2D eigenvalue weighted by atomic mass is 10.1. The third-order valence-electron chi connectivity index (χ3n) is 3.80. The Balaban J connectivity index is 1.94. The molecule has 0 spiro atoms. The van der Waals surface area contributed by atoms with Crippen LogP contribution in [0.15, 0.2) is 17.5 Å². The Morgan fingerprint density at radius 2 is 2.04 bits per heavy atom. The summed E-state index contributed by atoms with van der Waals surface area (Å²) in [6.45, 7) is 4.87. The number of aromatic amines is 1. The molecule has 0 saturated carbocycles. The first-order chi connectivity index (χ1) is 12.3. The first kappa shape index (κ1) is 20.3. The normalized spacial score (nSPS) is 11.8. The smallest absolute Gasteiger partial charge is 0.339 e. The lowest BCUT2D eigenvalue weighted by Gasteiger charge is -2.12. The molecule has 0 aliphatic heterocycles. The number of H-pyrrole nitrogens is 1. The van der Waals surface area contributed by atoms with Gasteiger partial charge in [0.15, 0.2) is 6.10 Å². The molecule has 1 N–H and O–H groups in total. The minimum atomic E-state index is -0.938. The second-order valence-electron chi connectivity index (χ2n) is 5.69. The maximum Gasteiger partial charge on any atom is 0.339 e. The van der Waals surface area contributed by atoms with E-state index in [1.54, 1.807) is 25.2 Å². The first-order valence-corrected chi connectivity index (χ1v) is 9.99. The van der Waals surface area contributed by atoms with Crippen LogP contribution < -0.4 is 0 Å². The van der Waals surface area contributed by atoms with Gasteiger partial charge in [0.05, 0.1) is 24.1 Å². The molecule has 2 aromatic heterocycles. The molecule has 1 atom stereocenters. The van der Waals surface area contributed by atoms with Gasteiger partial charge in [-0.05, 0) is 37.8 Å². The minimum absolute atomic E-state index is 0.172. The average molecular weight is 396 g/mol. The Kier molecular flexibility index (Phi) is 7.05. The standard InChI is InChI=1S/C18H21NO5S2/c1-10-15(18(22)23-4)11(2)19-16(10)17(21)12(3)24-14(20)9-25-8-13-6-5-7-26-13/h5-7,12,19H,8-9H2,1-4H3/t12-/m1/s1. The second kappa shape index (κ2) is 9.05. The zero-order chi connectivity index (χ0) is 19.3. The fourth-order valence-electron chi connectivity index (χ4n) is 2.52. The molecular formula is C18H21NO5S2. The molecule has 0 bridgehead atoms. The van der Waals surface area contributed by atoms with Gasteiger partial charge in [0.2, 0.25) is 5.78 Å². The molecule has 8 heteroatoms. The van der Waals surface area contributed by atoms with E-state index in [9.17, 15) is 14.4 Å². The van der Waals surface area contributed by atoms with E-state index in [4.69, 9.17) is 9.47 Å². The number of rotatable bonds is 8. The lowest BCUT2D eigenvalue weighted by molar-refractivity contribution is -0.143. The van der Waals surface area contributed by atoms with E-state index in [0.717, 1.165) is 5.75 Å². The molecule has 0 aliphatic rings. The first-order valence-electron chi connectivity index (χ1n) is 7.96. The van der Waals surface area contributed by atoms with Crippen LogP contribution in [0.3, 0.4) is 0 Å². The number of methoxy groups -OCH3 is 1. The largest absolute Gasteiger partial charge is 0.465 e. The van der Waals surface area contributed by atoms with Crippen LogP contribution in [0, 0.1) is 13.8 Å². The fraction of sp³-hybridized carbons (Fsp3) is 0.389.